The van der Waals surface area contributed by atoms with Crippen LogP contribution in [0.4, 0.5) is 5.69 Å². The van der Waals surface area contributed by atoms with Crippen LogP contribution in [0.15, 0.2) is 54.6 Å². The first-order chi connectivity index (χ1) is 14.0. The summed E-state index contributed by atoms with van der Waals surface area (Å²) < 4.78 is 5.07. The van der Waals surface area contributed by atoms with Crippen molar-refractivity contribution in [3.8, 4) is 0 Å². The third-order valence-corrected chi connectivity index (χ3v) is 5.39. The number of carbonyl (C=O) groups is 3. The van der Waals surface area contributed by atoms with Gasteiger partial charge in [0.2, 0.25) is 0 Å². The van der Waals surface area contributed by atoms with E-state index in [1.165, 1.54) is 11.3 Å². The van der Waals surface area contributed by atoms with Crippen LogP contribution in [0.5, 0.6) is 0 Å². The van der Waals surface area contributed by atoms with Gasteiger partial charge in [0.25, 0.3) is 11.8 Å². The Kier molecular flexibility index (Phi) is 6.61. The molecule has 0 bridgehead atoms. The second kappa shape index (κ2) is 9.34. The van der Waals surface area contributed by atoms with Gasteiger partial charge in [-0.1, -0.05) is 36.4 Å². The zero-order valence-corrected chi connectivity index (χ0v) is 17.1. The van der Waals surface area contributed by atoms with E-state index in [-0.39, 0.29) is 25.0 Å². The van der Waals surface area contributed by atoms with Gasteiger partial charge in [0.05, 0.1) is 10.6 Å². The second-order valence-corrected chi connectivity index (χ2v) is 7.68. The molecule has 0 aliphatic rings. The van der Waals surface area contributed by atoms with Crippen LogP contribution in [0.1, 0.15) is 21.5 Å². The lowest BCUT2D eigenvalue weighted by Crippen LogP contribution is -2.36. The number of fused-ring (bicyclic) bond motifs is 1. The largest absolute Gasteiger partial charge is 0.454 e. The number of amides is 2. The zero-order valence-electron chi connectivity index (χ0n) is 16.3. The van der Waals surface area contributed by atoms with E-state index in [2.05, 4.69) is 5.32 Å². The highest BCUT2D eigenvalue weighted by Gasteiger charge is 2.18. The van der Waals surface area contributed by atoms with Gasteiger partial charge in [0.15, 0.2) is 6.61 Å². The molecule has 0 aliphatic heterocycles. The van der Waals surface area contributed by atoms with Gasteiger partial charge in [-0.3, -0.25) is 14.4 Å². The lowest BCUT2D eigenvalue weighted by atomic mass is 10.1. The molecule has 0 unspecified atom stereocenters. The molecule has 0 saturated heterocycles. The predicted octanol–water partition coefficient (Wildman–Crippen LogP) is 3.54. The Morgan fingerprint density at radius 1 is 1.03 bits per heavy atom. The molecule has 2 amide bonds. The van der Waals surface area contributed by atoms with E-state index in [4.69, 9.17) is 4.74 Å². The first-order valence-electron chi connectivity index (χ1n) is 9.28. The summed E-state index contributed by atoms with van der Waals surface area (Å²) in [4.78, 5) is 39.7. The van der Waals surface area contributed by atoms with E-state index >= 15 is 0 Å². The minimum Gasteiger partial charge on any atom is -0.454 e. The van der Waals surface area contributed by atoms with Crippen molar-refractivity contribution < 1.29 is 19.1 Å². The highest BCUT2D eigenvalue weighted by atomic mass is 32.1. The Labute approximate surface area is 173 Å². The minimum absolute atomic E-state index is 0.288. The third kappa shape index (κ3) is 5.00. The maximum atomic E-state index is 12.6. The molecule has 1 heterocycles. The average molecular weight is 410 g/mol. The lowest BCUT2D eigenvalue weighted by Gasteiger charge is -2.22. The number of nitrogens with one attached hydrogen (secondary N) is 1. The number of hydrogen-bond acceptors (Lipinski definition) is 5. The fraction of sp³-hybridized carbons (Fsp3) is 0.227. The van der Waals surface area contributed by atoms with Gasteiger partial charge < -0.3 is 15.0 Å². The molecular formula is C22H22N2O4S. The molecule has 3 aromatic rings. The maximum Gasteiger partial charge on any atom is 0.325 e. The van der Waals surface area contributed by atoms with E-state index in [1.807, 2.05) is 62.4 Å². The van der Waals surface area contributed by atoms with Crippen molar-refractivity contribution in [1.29, 1.82) is 0 Å². The summed E-state index contributed by atoms with van der Waals surface area (Å²) in [7, 11) is 0. The number of nitrogens with zero attached hydrogens (tertiary/aromatic N) is 1. The van der Waals surface area contributed by atoms with Gasteiger partial charge in [-0.25, -0.2) is 0 Å². The molecule has 6 nitrogen and oxygen atoms in total. The number of thiophene rings is 1. The third-order valence-electron chi connectivity index (χ3n) is 4.39. The van der Waals surface area contributed by atoms with Gasteiger partial charge in [0.1, 0.15) is 6.54 Å². The quantitative estimate of drug-likeness (QED) is 0.605. The van der Waals surface area contributed by atoms with Crippen molar-refractivity contribution in [2.45, 2.75) is 13.8 Å². The Balaban J connectivity index is 1.57. The van der Waals surface area contributed by atoms with Crippen molar-refractivity contribution >= 4 is 45.6 Å². The fourth-order valence-corrected chi connectivity index (χ4v) is 3.78. The van der Waals surface area contributed by atoms with E-state index < -0.39 is 5.97 Å². The predicted molar refractivity (Wildman–Crippen MR) is 114 cm³/mol. The van der Waals surface area contributed by atoms with Crippen LogP contribution < -0.4 is 10.2 Å². The van der Waals surface area contributed by atoms with E-state index in [0.717, 1.165) is 21.3 Å². The van der Waals surface area contributed by atoms with Crippen LogP contribution >= 0.6 is 11.3 Å². The number of likely N-dealkylation sites (N-methyl/N-ethyl adjacent to an activating group) is 1. The lowest BCUT2D eigenvalue weighted by molar-refractivity contribution is -0.146. The normalized spacial score (nSPS) is 10.6. The van der Waals surface area contributed by atoms with Gasteiger partial charge in [0, 0.05) is 16.8 Å². The summed E-state index contributed by atoms with van der Waals surface area (Å²) in [5.74, 6) is -1.32. The summed E-state index contributed by atoms with van der Waals surface area (Å²) >= 11 is 1.35. The number of rotatable bonds is 7. The molecule has 29 heavy (non-hydrogen) atoms. The summed E-state index contributed by atoms with van der Waals surface area (Å²) in [6, 6.07) is 17.1. The first-order valence-corrected chi connectivity index (χ1v) is 10.1. The molecule has 3 rings (SSSR count). The number of benzene rings is 2. The Morgan fingerprint density at radius 3 is 2.52 bits per heavy atom. The number of anilines is 1. The zero-order chi connectivity index (χ0) is 20.8. The number of carbonyl (C=O) groups excluding carboxylic acids is 3. The molecular weight excluding hydrogens is 388 g/mol. The molecule has 1 N–H and O–H groups in total. The Hall–Kier alpha value is -3.19. The van der Waals surface area contributed by atoms with E-state index in [9.17, 15) is 14.4 Å². The summed E-state index contributed by atoms with van der Waals surface area (Å²) in [5.41, 5.74) is 0.771. The van der Waals surface area contributed by atoms with E-state index in [1.54, 1.807) is 11.0 Å². The van der Waals surface area contributed by atoms with Crippen LogP contribution in [0.25, 0.3) is 10.8 Å². The molecule has 7 heteroatoms. The van der Waals surface area contributed by atoms with Crippen LogP contribution in [-0.2, 0) is 14.3 Å². The van der Waals surface area contributed by atoms with Crippen LogP contribution in [0, 0.1) is 6.92 Å². The number of ether oxygens (including phenoxy) is 1. The molecule has 0 aliphatic carbocycles. The molecule has 0 atom stereocenters. The smallest absolute Gasteiger partial charge is 0.325 e. The van der Waals surface area contributed by atoms with Crippen molar-refractivity contribution in [3.05, 3.63) is 64.4 Å². The maximum absolute atomic E-state index is 12.6. The van der Waals surface area contributed by atoms with Crippen molar-refractivity contribution in [3.63, 3.8) is 0 Å². The monoisotopic (exact) mass is 410 g/mol. The standard InChI is InChI=1S/C22H22N2O4S/c1-3-24(18-10-6-8-16-7-4-5-9-17(16)18)20(25)14-28-21(26)13-23-22(27)19-12-11-15(2)29-19/h4-12H,3,13-14H2,1-2H3,(H,23,27). The fourth-order valence-electron chi connectivity index (χ4n) is 2.99. The molecule has 0 spiro atoms. The molecule has 150 valence electrons. The Morgan fingerprint density at radius 2 is 1.79 bits per heavy atom. The molecule has 1 aromatic heterocycles. The van der Waals surface area contributed by atoms with Gasteiger partial charge >= 0.3 is 5.97 Å². The second-order valence-electron chi connectivity index (χ2n) is 6.39. The summed E-state index contributed by atoms with van der Waals surface area (Å²) in [5, 5.41) is 4.49. The van der Waals surface area contributed by atoms with Crippen molar-refractivity contribution in [2.24, 2.45) is 0 Å². The highest BCUT2D eigenvalue weighted by Crippen LogP contribution is 2.26. The van der Waals surface area contributed by atoms with Gasteiger partial charge in [-0.05, 0) is 37.4 Å². The molecule has 2 aromatic carbocycles. The van der Waals surface area contributed by atoms with Gasteiger partial charge in [-0.2, -0.15) is 0 Å². The van der Waals surface area contributed by atoms with Crippen LogP contribution in [0.3, 0.4) is 0 Å². The van der Waals surface area contributed by atoms with Crippen molar-refractivity contribution in [2.75, 3.05) is 24.6 Å². The van der Waals surface area contributed by atoms with Gasteiger partial charge in [-0.15, -0.1) is 11.3 Å². The number of hydrogen-bond donors (Lipinski definition) is 1. The highest BCUT2D eigenvalue weighted by molar-refractivity contribution is 7.13. The minimum atomic E-state index is -0.658. The van der Waals surface area contributed by atoms with Crippen LogP contribution in [-0.4, -0.2) is 37.5 Å². The SMILES string of the molecule is CCN(C(=O)COC(=O)CNC(=O)c1ccc(C)s1)c1cccc2ccccc12. The topological polar surface area (TPSA) is 75.7 Å². The number of aryl methyl sites for hydroxylation is 1. The molecule has 0 radical (unpaired) electrons. The first kappa shape index (κ1) is 20.5. The molecule has 0 fully saturated rings. The molecule has 0 saturated carbocycles. The number of esters is 1. The average Bonchev–Trinajstić information content (AvgIpc) is 3.17. The summed E-state index contributed by atoms with van der Waals surface area (Å²) in [6.45, 7) is 3.54. The Bertz CT molecular complexity index is 1040. The van der Waals surface area contributed by atoms with Crippen molar-refractivity contribution in [1.82, 2.24) is 5.32 Å². The summed E-state index contributed by atoms with van der Waals surface area (Å²) in [6.07, 6.45) is 0. The van der Waals surface area contributed by atoms with E-state index in [0.29, 0.717) is 11.4 Å². The van der Waals surface area contributed by atoms with Crippen LogP contribution in [0.2, 0.25) is 0 Å².